The molecule has 7 nitrogen and oxygen atoms in total. The van der Waals surface area contributed by atoms with Crippen molar-refractivity contribution in [1.29, 1.82) is 0 Å². The van der Waals surface area contributed by atoms with Crippen LogP contribution >= 0.6 is 0 Å². The number of furan rings is 1. The molecule has 27 heavy (non-hydrogen) atoms. The number of hydrogen-bond donors (Lipinski definition) is 3. The SMILES string of the molecule is CCNC(=NCC(O)c1ccco1)NC(C)c1cccc(-n2cccn2)c1. The van der Waals surface area contributed by atoms with Gasteiger partial charge in [0.15, 0.2) is 5.96 Å². The molecule has 0 saturated heterocycles. The highest BCUT2D eigenvalue weighted by molar-refractivity contribution is 5.80. The van der Waals surface area contributed by atoms with Gasteiger partial charge in [0.05, 0.1) is 24.5 Å². The number of nitrogens with one attached hydrogen (secondary N) is 2. The van der Waals surface area contributed by atoms with Crippen molar-refractivity contribution in [2.45, 2.75) is 26.0 Å². The molecule has 0 fully saturated rings. The van der Waals surface area contributed by atoms with E-state index < -0.39 is 6.10 Å². The third-order valence-electron chi connectivity index (χ3n) is 4.13. The van der Waals surface area contributed by atoms with Crippen LogP contribution in [0.15, 0.2) is 70.5 Å². The molecule has 3 N–H and O–H groups in total. The Morgan fingerprint density at radius 1 is 1.30 bits per heavy atom. The number of benzene rings is 1. The highest BCUT2D eigenvalue weighted by atomic mass is 16.4. The van der Waals surface area contributed by atoms with Crippen molar-refractivity contribution < 1.29 is 9.52 Å². The van der Waals surface area contributed by atoms with Gasteiger partial charge in [0.25, 0.3) is 0 Å². The molecule has 0 aliphatic carbocycles. The molecule has 3 aromatic rings. The van der Waals surface area contributed by atoms with Crippen LogP contribution in [0.1, 0.15) is 37.3 Å². The molecular weight excluding hydrogens is 342 g/mol. The molecule has 0 saturated carbocycles. The Bertz CT molecular complexity index is 843. The number of rotatable bonds is 7. The van der Waals surface area contributed by atoms with Crippen LogP contribution in [0.2, 0.25) is 0 Å². The van der Waals surface area contributed by atoms with E-state index in [4.69, 9.17) is 4.42 Å². The summed E-state index contributed by atoms with van der Waals surface area (Å²) in [4.78, 5) is 4.47. The Balaban J connectivity index is 1.68. The Morgan fingerprint density at radius 3 is 2.89 bits per heavy atom. The number of aliphatic hydroxyl groups excluding tert-OH is 1. The monoisotopic (exact) mass is 367 g/mol. The predicted molar refractivity (Wildman–Crippen MR) is 105 cm³/mol. The fourth-order valence-corrected chi connectivity index (χ4v) is 2.72. The summed E-state index contributed by atoms with van der Waals surface area (Å²) in [5, 5.41) is 21.0. The van der Waals surface area contributed by atoms with Gasteiger partial charge in [-0.05, 0) is 49.7 Å². The van der Waals surface area contributed by atoms with E-state index >= 15 is 0 Å². The first-order chi connectivity index (χ1) is 13.2. The molecule has 2 unspecified atom stereocenters. The van der Waals surface area contributed by atoms with E-state index in [9.17, 15) is 5.11 Å². The van der Waals surface area contributed by atoms with Gasteiger partial charge in [-0.3, -0.25) is 4.99 Å². The van der Waals surface area contributed by atoms with Crippen LogP contribution < -0.4 is 10.6 Å². The van der Waals surface area contributed by atoms with Gasteiger partial charge >= 0.3 is 0 Å². The highest BCUT2D eigenvalue weighted by Crippen LogP contribution is 2.17. The maximum Gasteiger partial charge on any atom is 0.191 e. The van der Waals surface area contributed by atoms with E-state index in [2.05, 4.69) is 39.8 Å². The Morgan fingerprint density at radius 2 is 2.19 bits per heavy atom. The molecule has 0 spiro atoms. The van der Waals surface area contributed by atoms with E-state index in [-0.39, 0.29) is 12.6 Å². The molecular formula is C20H25N5O2. The number of guanidine groups is 1. The van der Waals surface area contributed by atoms with Crippen LogP contribution in [0.5, 0.6) is 0 Å². The van der Waals surface area contributed by atoms with Crippen molar-refractivity contribution in [2.75, 3.05) is 13.1 Å². The third kappa shape index (κ3) is 4.98. The topological polar surface area (TPSA) is 87.6 Å². The van der Waals surface area contributed by atoms with E-state index in [1.807, 2.05) is 36.0 Å². The van der Waals surface area contributed by atoms with Crippen LogP contribution in [0, 0.1) is 0 Å². The van der Waals surface area contributed by atoms with Crippen molar-refractivity contribution in [3.63, 3.8) is 0 Å². The minimum absolute atomic E-state index is 0.0269. The van der Waals surface area contributed by atoms with Crippen LogP contribution in [0.4, 0.5) is 0 Å². The first-order valence-electron chi connectivity index (χ1n) is 9.03. The lowest BCUT2D eigenvalue weighted by atomic mass is 10.1. The molecule has 0 radical (unpaired) electrons. The Hall–Kier alpha value is -3.06. The predicted octanol–water partition coefficient (Wildman–Crippen LogP) is 2.82. The zero-order valence-electron chi connectivity index (χ0n) is 15.5. The molecule has 0 amide bonds. The summed E-state index contributed by atoms with van der Waals surface area (Å²) >= 11 is 0. The number of aliphatic imine (C=N–C) groups is 1. The molecule has 0 bridgehead atoms. The average molecular weight is 367 g/mol. The smallest absolute Gasteiger partial charge is 0.191 e. The molecule has 142 valence electrons. The quantitative estimate of drug-likeness (QED) is 0.441. The number of aromatic nitrogens is 2. The lowest BCUT2D eigenvalue weighted by Crippen LogP contribution is -2.39. The zero-order chi connectivity index (χ0) is 19.1. The summed E-state index contributed by atoms with van der Waals surface area (Å²) < 4.78 is 7.05. The number of hydrogen-bond acceptors (Lipinski definition) is 4. The minimum atomic E-state index is -0.770. The van der Waals surface area contributed by atoms with Gasteiger partial charge in [0.1, 0.15) is 11.9 Å². The Kier molecular flexibility index (Phi) is 6.27. The van der Waals surface area contributed by atoms with E-state index in [1.54, 1.807) is 24.6 Å². The fraction of sp³-hybridized carbons (Fsp3) is 0.300. The van der Waals surface area contributed by atoms with Crippen molar-refractivity contribution in [1.82, 2.24) is 20.4 Å². The Labute approximate surface area is 158 Å². The molecule has 1 aromatic carbocycles. The maximum absolute atomic E-state index is 10.2. The van der Waals surface area contributed by atoms with Crippen LogP contribution in [0.25, 0.3) is 5.69 Å². The first kappa shape index (κ1) is 18.7. The van der Waals surface area contributed by atoms with Crippen molar-refractivity contribution in [3.05, 3.63) is 72.4 Å². The van der Waals surface area contributed by atoms with E-state index in [1.165, 1.54) is 0 Å². The molecule has 0 aliphatic rings. The molecule has 2 heterocycles. The summed E-state index contributed by atoms with van der Waals surface area (Å²) in [6, 6.07) is 13.6. The van der Waals surface area contributed by atoms with Crippen molar-refractivity contribution >= 4 is 5.96 Å². The molecule has 7 heteroatoms. The summed E-state index contributed by atoms with van der Waals surface area (Å²) in [5.41, 5.74) is 2.11. The molecule has 3 rings (SSSR count). The lowest BCUT2D eigenvalue weighted by molar-refractivity contribution is 0.158. The van der Waals surface area contributed by atoms with E-state index in [0.29, 0.717) is 11.7 Å². The second kappa shape index (κ2) is 9.05. The van der Waals surface area contributed by atoms with Crippen LogP contribution in [-0.4, -0.2) is 33.9 Å². The first-order valence-corrected chi connectivity index (χ1v) is 9.03. The van der Waals surface area contributed by atoms with Crippen molar-refractivity contribution in [2.24, 2.45) is 4.99 Å². The second-order valence-corrected chi connectivity index (χ2v) is 6.16. The van der Waals surface area contributed by atoms with Gasteiger partial charge < -0.3 is 20.2 Å². The van der Waals surface area contributed by atoms with Gasteiger partial charge in [0.2, 0.25) is 0 Å². The van der Waals surface area contributed by atoms with Gasteiger partial charge in [-0.15, -0.1) is 0 Å². The zero-order valence-corrected chi connectivity index (χ0v) is 15.5. The third-order valence-corrected chi connectivity index (χ3v) is 4.13. The molecule has 2 aromatic heterocycles. The fourth-order valence-electron chi connectivity index (χ4n) is 2.72. The summed E-state index contributed by atoms with van der Waals surface area (Å²) in [5.74, 6) is 1.15. The summed E-state index contributed by atoms with van der Waals surface area (Å²) in [6.07, 6.45) is 4.45. The summed E-state index contributed by atoms with van der Waals surface area (Å²) in [7, 11) is 0. The largest absolute Gasteiger partial charge is 0.467 e. The average Bonchev–Trinajstić information content (AvgIpc) is 3.40. The van der Waals surface area contributed by atoms with Gasteiger partial charge in [-0.25, -0.2) is 4.68 Å². The van der Waals surface area contributed by atoms with Gasteiger partial charge in [-0.2, -0.15) is 5.10 Å². The maximum atomic E-state index is 10.2. The highest BCUT2D eigenvalue weighted by Gasteiger charge is 2.12. The van der Waals surface area contributed by atoms with Crippen LogP contribution in [0.3, 0.4) is 0 Å². The second-order valence-electron chi connectivity index (χ2n) is 6.16. The summed E-state index contributed by atoms with van der Waals surface area (Å²) in [6.45, 7) is 5.01. The van der Waals surface area contributed by atoms with Gasteiger partial charge in [-0.1, -0.05) is 12.1 Å². The van der Waals surface area contributed by atoms with Crippen molar-refractivity contribution in [3.8, 4) is 5.69 Å². The van der Waals surface area contributed by atoms with E-state index in [0.717, 1.165) is 17.8 Å². The minimum Gasteiger partial charge on any atom is -0.467 e. The number of aliphatic hydroxyl groups is 1. The van der Waals surface area contributed by atoms with Crippen LogP contribution in [-0.2, 0) is 0 Å². The molecule has 2 atom stereocenters. The molecule has 0 aliphatic heterocycles. The normalized spacial score (nSPS) is 14.0. The standard InChI is InChI=1S/C20H25N5O2/c1-3-21-20(22-14-18(26)19-9-5-12-27-19)24-15(2)16-7-4-8-17(13-16)25-11-6-10-23-25/h4-13,15,18,26H,3,14H2,1-2H3,(H2,21,22,24). The van der Waals surface area contributed by atoms with Gasteiger partial charge in [0, 0.05) is 18.9 Å². The number of nitrogens with zero attached hydrogens (tertiary/aromatic N) is 3. The lowest BCUT2D eigenvalue weighted by Gasteiger charge is -2.19.